The normalized spacial score (nSPS) is 17.2. The highest BCUT2D eigenvalue weighted by atomic mass is 19.4. The summed E-state index contributed by atoms with van der Waals surface area (Å²) in [4.78, 5) is 31.3. The number of hydrogen-bond acceptors (Lipinski definition) is 7. The number of pyridine rings is 1. The first-order valence-corrected chi connectivity index (χ1v) is 10.4. The lowest BCUT2D eigenvalue weighted by molar-refractivity contribution is -0.274. The molecule has 4 rings (SSSR count). The number of ether oxygens (including phenoxy) is 3. The summed E-state index contributed by atoms with van der Waals surface area (Å²) in [6.07, 6.45) is -2.10. The average molecular weight is 500 g/mol. The van der Waals surface area contributed by atoms with Gasteiger partial charge in [-0.05, 0) is 48.0 Å². The minimum absolute atomic E-state index is 0.0352. The van der Waals surface area contributed by atoms with Crippen molar-refractivity contribution in [3.05, 3.63) is 83.7 Å². The standard InChI is InChI=1S/C25H19F3N2O6/c1-34-18-7-6-15(12-19(18)35-2)22(31)20-21(14-8-10-29-11-9-14)30(24(33)23(20)32)16-4-3-5-17(13-16)36-25(26,27)28/h3-13,21,31H,1-2H3/b22-20+. The van der Waals surface area contributed by atoms with Crippen LogP contribution in [-0.2, 0) is 9.59 Å². The Morgan fingerprint density at radius 3 is 2.31 bits per heavy atom. The Balaban J connectivity index is 1.89. The zero-order valence-corrected chi connectivity index (χ0v) is 18.9. The number of methoxy groups -OCH3 is 2. The third kappa shape index (κ3) is 4.67. The molecule has 1 fully saturated rings. The van der Waals surface area contributed by atoms with E-state index in [9.17, 15) is 27.9 Å². The molecule has 1 N–H and O–H groups in total. The van der Waals surface area contributed by atoms with Crippen LogP contribution in [0.2, 0.25) is 0 Å². The molecule has 0 aliphatic carbocycles. The van der Waals surface area contributed by atoms with E-state index in [-0.39, 0.29) is 22.6 Å². The second kappa shape index (κ2) is 9.61. The molecule has 36 heavy (non-hydrogen) atoms. The number of rotatable bonds is 6. The largest absolute Gasteiger partial charge is 0.573 e. The minimum atomic E-state index is -4.95. The van der Waals surface area contributed by atoms with Gasteiger partial charge in [0.1, 0.15) is 11.5 Å². The second-order valence-electron chi connectivity index (χ2n) is 7.56. The molecule has 1 aliphatic heterocycles. The number of halogens is 3. The van der Waals surface area contributed by atoms with Gasteiger partial charge in [-0.1, -0.05) is 6.07 Å². The number of ketones is 1. The van der Waals surface area contributed by atoms with Gasteiger partial charge in [0.05, 0.1) is 25.8 Å². The third-order valence-electron chi connectivity index (χ3n) is 5.45. The minimum Gasteiger partial charge on any atom is -0.507 e. The van der Waals surface area contributed by atoms with Crippen LogP contribution in [0.5, 0.6) is 17.2 Å². The molecule has 0 spiro atoms. The highest BCUT2D eigenvalue weighted by molar-refractivity contribution is 6.51. The zero-order chi connectivity index (χ0) is 26.0. The number of hydrogen-bond donors (Lipinski definition) is 1. The Hall–Kier alpha value is -4.54. The fourth-order valence-electron chi connectivity index (χ4n) is 3.93. The van der Waals surface area contributed by atoms with Gasteiger partial charge in [-0.25, -0.2) is 0 Å². The van der Waals surface area contributed by atoms with Gasteiger partial charge in [-0.3, -0.25) is 19.5 Å². The van der Waals surface area contributed by atoms with Crippen molar-refractivity contribution in [2.45, 2.75) is 12.4 Å². The van der Waals surface area contributed by atoms with Crippen molar-refractivity contribution < 1.29 is 42.1 Å². The summed E-state index contributed by atoms with van der Waals surface area (Å²) in [5.41, 5.74) is 0.264. The van der Waals surface area contributed by atoms with Crippen molar-refractivity contribution in [1.29, 1.82) is 0 Å². The van der Waals surface area contributed by atoms with E-state index >= 15 is 0 Å². The van der Waals surface area contributed by atoms with Crippen LogP contribution >= 0.6 is 0 Å². The molecule has 2 aromatic carbocycles. The number of alkyl halides is 3. The van der Waals surface area contributed by atoms with Crippen LogP contribution in [0.15, 0.2) is 72.6 Å². The molecule has 2 heterocycles. The zero-order valence-electron chi connectivity index (χ0n) is 18.9. The summed E-state index contributed by atoms with van der Waals surface area (Å²) in [5.74, 6) is -2.49. The summed E-state index contributed by atoms with van der Waals surface area (Å²) >= 11 is 0. The number of amides is 1. The Morgan fingerprint density at radius 1 is 0.972 bits per heavy atom. The number of aliphatic hydroxyl groups excluding tert-OH is 1. The summed E-state index contributed by atoms with van der Waals surface area (Å²) in [7, 11) is 2.83. The van der Waals surface area contributed by atoms with Gasteiger partial charge in [0.25, 0.3) is 11.7 Å². The second-order valence-corrected chi connectivity index (χ2v) is 7.56. The molecule has 1 atom stereocenters. The van der Waals surface area contributed by atoms with Crippen molar-refractivity contribution >= 4 is 23.1 Å². The molecular formula is C25H19F3N2O6. The van der Waals surface area contributed by atoms with Crippen LogP contribution in [0.1, 0.15) is 17.2 Å². The van der Waals surface area contributed by atoms with Crippen LogP contribution in [-0.4, -0.2) is 42.4 Å². The first-order valence-electron chi connectivity index (χ1n) is 10.4. The van der Waals surface area contributed by atoms with E-state index in [1.807, 2.05) is 0 Å². The first-order chi connectivity index (χ1) is 17.1. The van der Waals surface area contributed by atoms with E-state index in [0.717, 1.165) is 17.0 Å². The quantitative estimate of drug-likeness (QED) is 0.300. The Labute approximate surface area is 203 Å². The van der Waals surface area contributed by atoms with Gasteiger partial charge in [-0.15, -0.1) is 13.2 Å². The predicted octanol–water partition coefficient (Wildman–Crippen LogP) is 4.62. The molecule has 0 radical (unpaired) electrons. The molecule has 3 aromatic rings. The van der Waals surface area contributed by atoms with E-state index in [4.69, 9.17) is 9.47 Å². The number of aliphatic hydroxyl groups is 1. The van der Waals surface area contributed by atoms with Crippen LogP contribution in [0, 0.1) is 0 Å². The van der Waals surface area contributed by atoms with Crippen molar-refractivity contribution in [3.63, 3.8) is 0 Å². The van der Waals surface area contributed by atoms with Crippen molar-refractivity contribution in [1.82, 2.24) is 4.98 Å². The number of nitrogens with zero attached hydrogens (tertiary/aromatic N) is 2. The van der Waals surface area contributed by atoms with Crippen LogP contribution in [0.25, 0.3) is 5.76 Å². The molecule has 186 valence electrons. The average Bonchev–Trinajstić information content (AvgIpc) is 3.13. The van der Waals surface area contributed by atoms with Crippen molar-refractivity contribution in [2.24, 2.45) is 0 Å². The van der Waals surface area contributed by atoms with Gasteiger partial charge in [0.15, 0.2) is 11.5 Å². The molecular weight excluding hydrogens is 481 g/mol. The van der Waals surface area contributed by atoms with E-state index < -0.39 is 35.6 Å². The lowest BCUT2D eigenvalue weighted by Gasteiger charge is -2.25. The summed E-state index contributed by atoms with van der Waals surface area (Å²) in [5, 5.41) is 11.2. The maximum Gasteiger partial charge on any atom is 0.573 e. The highest BCUT2D eigenvalue weighted by Crippen LogP contribution is 2.43. The lowest BCUT2D eigenvalue weighted by Crippen LogP contribution is -2.29. The Morgan fingerprint density at radius 2 is 1.67 bits per heavy atom. The fourth-order valence-corrected chi connectivity index (χ4v) is 3.93. The van der Waals surface area contributed by atoms with Crippen molar-refractivity contribution in [3.8, 4) is 17.2 Å². The highest BCUT2D eigenvalue weighted by Gasteiger charge is 2.47. The summed E-state index contributed by atoms with van der Waals surface area (Å²) in [6.45, 7) is 0. The molecule has 1 aromatic heterocycles. The van der Waals surface area contributed by atoms with Gasteiger partial charge in [-0.2, -0.15) is 0 Å². The van der Waals surface area contributed by atoms with Gasteiger partial charge >= 0.3 is 6.36 Å². The maximum absolute atomic E-state index is 13.2. The number of carbonyl (C=O) groups is 2. The molecule has 0 bridgehead atoms. The van der Waals surface area contributed by atoms with E-state index in [1.54, 1.807) is 0 Å². The van der Waals surface area contributed by atoms with Gasteiger partial charge < -0.3 is 19.3 Å². The summed E-state index contributed by atoms with van der Waals surface area (Å²) < 4.78 is 52.8. The van der Waals surface area contributed by atoms with Crippen molar-refractivity contribution in [2.75, 3.05) is 19.1 Å². The van der Waals surface area contributed by atoms with Gasteiger partial charge in [0, 0.05) is 29.7 Å². The Kier molecular flexibility index (Phi) is 6.56. The number of Topliss-reactive ketones (excluding diaryl/α,β-unsaturated/α-hetero) is 1. The molecule has 1 amide bonds. The van der Waals surface area contributed by atoms with Crippen LogP contribution < -0.4 is 19.1 Å². The molecule has 1 aliphatic rings. The fraction of sp³-hybridized carbons (Fsp3) is 0.160. The maximum atomic E-state index is 13.2. The SMILES string of the molecule is COc1ccc(/C(O)=C2\C(=O)C(=O)N(c3cccc(OC(F)(F)F)c3)C2c2ccncc2)cc1OC. The molecule has 11 heteroatoms. The lowest BCUT2D eigenvalue weighted by atomic mass is 9.95. The Bertz CT molecular complexity index is 1340. The smallest absolute Gasteiger partial charge is 0.507 e. The van der Waals surface area contributed by atoms with E-state index in [0.29, 0.717) is 11.3 Å². The van der Waals surface area contributed by atoms with Crippen LogP contribution in [0.4, 0.5) is 18.9 Å². The van der Waals surface area contributed by atoms with E-state index in [1.165, 1.54) is 69.1 Å². The number of carbonyl (C=O) groups excluding carboxylic acids is 2. The third-order valence-corrected chi connectivity index (χ3v) is 5.45. The van der Waals surface area contributed by atoms with Crippen LogP contribution in [0.3, 0.4) is 0 Å². The predicted molar refractivity (Wildman–Crippen MR) is 122 cm³/mol. The van der Waals surface area contributed by atoms with Gasteiger partial charge in [0.2, 0.25) is 0 Å². The number of benzene rings is 2. The molecule has 1 unspecified atom stereocenters. The molecule has 8 nitrogen and oxygen atoms in total. The number of anilines is 1. The number of aromatic nitrogens is 1. The summed E-state index contributed by atoms with van der Waals surface area (Å²) in [6, 6.07) is 11.0. The monoisotopic (exact) mass is 500 g/mol. The topological polar surface area (TPSA) is 98.2 Å². The first kappa shape index (κ1) is 24.6. The molecule has 0 saturated carbocycles. The van der Waals surface area contributed by atoms with E-state index in [2.05, 4.69) is 9.72 Å². The molecule has 1 saturated heterocycles.